The third-order valence-electron chi connectivity index (χ3n) is 2.84. The minimum absolute atomic E-state index is 0.605. The normalized spacial score (nSPS) is 20.9. The van der Waals surface area contributed by atoms with Gasteiger partial charge in [-0.2, -0.15) is 0 Å². The summed E-state index contributed by atoms with van der Waals surface area (Å²) in [5.41, 5.74) is 2.47. The summed E-state index contributed by atoms with van der Waals surface area (Å²) in [6.07, 6.45) is 4.61. The maximum absolute atomic E-state index is 4.33. The van der Waals surface area contributed by atoms with Gasteiger partial charge in [0.05, 0.1) is 0 Å². The molecule has 0 aromatic carbocycles. The molecule has 1 fully saturated rings. The molecule has 0 spiro atoms. The zero-order chi connectivity index (χ0) is 11.3. The van der Waals surface area contributed by atoms with Crippen LogP contribution in [0.2, 0.25) is 0 Å². The van der Waals surface area contributed by atoms with Crippen LogP contribution in [0.15, 0.2) is 18.3 Å². The molecule has 2 nitrogen and oxygen atoms in total. The number of likely N-dealkylation sites (tertiary alicyclic amines) is 1. The number of hydrogen-bond acceptors (Lipinski definition) is 2. The van der Waals surface area contributed by atoms with Crippen molar-refractivity contribution in [2.24, 2.45) is 0 Å². The van der Waals surface area contributed by atoms with Gasteiger partial charge >= 0.3 is 0 Å². The van der Waals surface area contributed by atoms with Crippen LogP contribution in [0, 0.1) is 6.92 Å². The molecule has 1 aliphatic rings. The van der Waals surface area contributed by atoms with Gasteiger partial charge in [-0.3, -0.25) is 9.88 Å². The molecule has 0 bridgehead atoms. The van der Waals surface area contributed by atoms with Crippen molar-refractivity contribution in [3.05, 3.63) is 29.6 Å². The molecular weight excluding hydrogens is 184 g/mol. The second kappa shape index (κ2) is 5.86. The van der Waals surface area contributed by atoms with Gasteiger partial charge in [0.25, 0.3) is 0 Å². The molecule has 0 aliphatic carbocycles. The Labute approximate surface area is 93.3 Å². The van der Waals surface area contributed by atoms with Crippen LogP contribution in [0.1, 0.15) is 44.0 Å². The van der Waals surface area contributed by atoms with Crippen molar-refractivity contribution in [1.29, 1.82) is 0 Å². The van der Waals surface area contributed by atoms with Gasteiger partial charge in [-0.05, 0) is 45.0 Å². The maximum Gasteiger partial charge on any atom is 0.0372 e. The lowest BCUT2D eigenvalue weighted by Crippen LogP contribution is -2.17. The summed E-state index contributed by atoms with van der Waals surface area (Å²) in [6, 6.07) is 4.91. The lowest BCUT2D eigenvalue weighted by molar-refractivity contribution is 0.317. The van der Waals surface area contributed by atoms with Crippen molar-refractivity contribution in [3.8, 4) is 0 Å². The highest BCUT2D eigenvalue weighted by Crippen LogP contribution is 2.29. The second-order valence-corrected chi connectivity index (χ2v) is 3.87. The highest BCUT2D eigenvalue weighted by atomic mass is 15.1. The van der Waals surface area contributed by atoms with E-state index < -0.39 is 0 Å². The number of aryl methyl sites for hydroxylation is 1. The highest BCUT2D eigenvalue weighted by molar-refractivity contribution is 5.18. The zero-order valence-electron chi connectivity index (χ0n) is 10.3. The van der Waals surface area contributed by atoms with Crippen LogP contribution in [-0.4, -0.2) is 23.5 Å². The number of pyridine rings is 1. The largest absolute Gasteiger partial charge is 0.299 e. The first-order valence-electron chi connectivity index (χ1n) is 5.90. The summed E-state index contributed by atoms with van der Waals surface area (Å²) in [7, 11) is 2.19. The molecule has 0 saturated carbocycles. The van der Waals surface area contributed by atoms with Crippen LogP contribution >= 0.6 is 0 Å². The van der Waals surface area contributed by atoms with Gasteiger partial charge in [0.15, 0.2) is 0 Å². The highest BCUT2D eigenvalue weighted by Gasteiger charge is 2.22. The summed E-state index contributed by atoms with van der Waals surface area (Å²) < 4.78 is 0. The predicted molar refractivity (Wildman–Crippen MR) is 64.9 cm³/mol. The molecule has 1 aromatic heterocycles. The van der Waals surface area contributed by atoms with Gasteiger partial charge in [0, 0.05) is 17.9 Å². The van der Waals surface area contributed by atoms with E-state index in [4.69, 9.17) is 0 Å². The number of aromatic nitrogens is 1. The van der Waals surface area contributed by atoms with E-state index in [1.54, 1.807) is 0 Å². The van der Waals surface area contributed by atoms with E-state index in [2.05, 4.69) is 29.1 Å². The van der Waals surface area contributed by atoms with Crippen LogP contribution in [0.3, 0.4) is 0 Å². The maximum atomic E-state index is 4.33. The topological polar surface area (TPSA) is 16.1 Å². The van der Waals surface area contributed by atoms with Crippen molar-refractivity contribution >= 4 is 0 Å². The first-order valence-corrected chi connectivity index (χ1v) is 5.90. The molecule has 1 saturated heterocycles. The Balaban J connectivity index is 0.000000531. The fourth-order valence-corrected chi connectivity index (χ4v) is 2.01. The van der Waals surface area contributed by atoms with Crippen molar-refractivity contribution in [1.82, 2.24) is 9.88 Å². The average molecular weight is 206 g/mol. The quantitative estimate of drug-likeness (QED) is 0.701. The molecule has 15 heavy (non-hydrogen) atoms. The molecule has 0 radical (unpaired) electrons. The van der Waals surface area contributed by atoms with Crippen molar-refractivity contribution < 1.29 is 0 Å². The lowest BCUT2D eigenvalue weighted by atomic mass is 10.1. The number of hydrogen-bond donors (Lipinski definition) is 0. The standard InChI is InChI=1S/C11H16N2.C2H6/c1-9-5-6-10(8-12-9)11-4-3-7-13(11)2;1-2/h5-6,8,11H,3-4,7H2,1-2H3;1-2H3. The minimum atomic E-state index is 0.605. The number of nitrogens with zero attached hydrogens (tertiary/aromatic N) is 2. The molecule has 2 heteroatoms. The Morgan fingerprint density at radius 1 is 1.33 bits per heavy atom. The SMILES string of the molecule is CC.Cc1ccc(C2CCCN2C)cn1. The Kier molecular flexibility index (Phi) is 4.76. The zero-order valence-corrected chi connectivity index (χ0v) is 10.3. The minimum Gasteiger partial charge on any atom is -0.299 e. The van der Waals surface area contributed by atoms with Gasteiger partial charge in [0.2, 0.25) is 0 Å². The van der Waals surface area contributed by atoms with E-state index in [9.17, 15) is 0 Å². The van der Waals surface area contributed by atoms with Crippen LogP contribution in [0.5, 0.6) is 0 Å². The Morgan fingerprint density at radius 2 is 2.07 bits per heavy atom. The fraction of sp³-hybridized carbons (Fsp3) is 0.615. The summed E-state index contributed by atoms with van der Waals surface area (Å²) in [6.45, 7) is 7.25. The van der Waals surface area contributed by atoms with E-state index in [0.29, 0.717) is 6.04 Å². The van der Waals surface area contributed by atoms with E-state index in [1.165, 1.54) is 24.9 Å². The van der Waals surface area contributed by atoms with Crippen LogP contribution in [0.4, 0.5) is 0 Å². The molecule has 0 N–H and O–H groups in total. The molecule has 2 rings (SSSR count). The van der Waals surface area contributed by atoms with E-state index in [-0.39, 0.29) is 0 Å². The third kappa shape index (κ3) is 3.03. The van der Waals surface area contributed by atoms with E-state index >= 15 is 0 Å². The summed E-state index contributed by atoms with van der Waals surface area (Å²) in [5, 5.41) is 0. The molecule has 1 aromatic rings. The Hall–Kier alpha value is -0.890. The summed E-state index contributed by atoms with van der Waals surface area (Å²) in [5.74, 6) is 0. The Morgan fingerprint density at radius 3 is 2.53 bits per heavy atom. The predicted octanol–water partition coefficient (Wildman–Crippen LogP) is 3.18. The van der Waals surface area contributed by atoms with E-state index in [0.717, 1.165) is 5.69 Å². The molecule has 1 unspecified atom stereocenters. The lowest BCUT2D eigenvalue weighted by Gasteiger charge is -2.19. The monoisotopic (exact) mass is 206 g/mol. The number of rotatable bonds is 1. The van der Waals surface area contributed by atoms with Crippen molar-refractivity contribution in [2.75, 3.05) is 13.6 Å². The van der Waals surface area contributed by atoms with Crippen LogP contribution < -0.4 is 0 Å². The summed E-state index contributed by atoms with van der Waals surface area (Å²) >= 11 is 0. The van der Waals surface area contributed by atoms with Gasteiger partial charge in [-0.1, -0.05) is 19.9 Å². The first kappa shape index (κ1) is 12.2. The van der Waals surface area contributed by atoms with Crippen LogP contribution in [0.25, 0.3) is 0 Å². The van der Waals surface area contributed by atoms with Crippen molar-refractivity contribution in [3.63, 3.8) is 0 Å². The van der Waals surface area contributed by atoms with Crippen molar-refractivity contribution in [2.45, 2.75) is 39.7 Å². The molecule has 2 heterocycles. The van der Waals surface area contributed by atoms with Crippen LogP contribution in [-0.2, 0) is 0 Å². The molecular formula is C13H22N2. The third-order valence-corrected chi connectivity index (χ3v) is 2.84. The first-order chi connectivity index (χ1) is 7.27. The van der Waals surface area contributed by atoms with Gasteiger partial charge in [0.1, 0.15) is 0 Å². The second-order valence-electron chi connectivity index (χ2n) is 3.87. The van der Waals surface area contributed by atoms with Gasteiger partial charge in [-0.25, -0.2) is 0 Å². The molecule has 0 amide bonds. The van der Waals surface area contributed by atoms with Gasteiger partial charge in [-0.15, -0.1) is 0 Å². The fourth-order valence-electron chi connectivity index (χ4n) is 2.01. The van der Waals surface area contributed by atoms with Gasteiger partial charge < -0.3 is 0 Å². The van der Waals surface area contributed by atoms with E-state index in [1.807, 2.05) is 27.0 Å². The average Bonchev–Trinajstić information content (AvgIpc) is 2.69. The summed E-state index contributed by atoms with van der Waals surface area (Å²) in [4.78, 5) is 6.74. The molecule has 1 atom stereocenters. The smallest absolute Gasteiger partial charge is 0.0372 e. The molecule has 84 valence electrons. The molecule has 1 aliphatic heterocycles. The Bertz CT molecular complexity index is 279.